The quantitative estimate of drug-likeness (QED) is 0.226. The first-order valence-electron chi connectivity index (χ1n) is 16.7. The number of nitrogens with two attached hydrogens (primary N) is 1. The topological polar surface area (TPSA) is 108 Å². The maximum absolute atomic E-state index is 13.4. The molecule has 2 heterocycles. The molecule has 4 aromatic carbocycles. The van der Waals surface area contributed by atoms with Crippen LogP contribution in [0, 0.1) is 11.6 Å². The molecule has 0 saturated carbocycles. The maximum Gasteiger partial charge on any atom is 1.00 e. The van der Waals surface area contributed by atoms with Crippen LogP contribution >= 0.6 is 0 Å². The molecular formula is C40H44F2N3NaO5. The van der Waals surface area contributed by atoms with Crippen molar-refractivity contribution >= 4 is 11.9 Å². The Morgan fingerprint density at radius 3 is 1.45 bits per heavy atom. The largest absolute Gasteiger partial charge is 1.00 e. The van der Waals surface area contributed by atoms with Gasteiger partial charge in [-0.3, -0.25) is 4.79 Å². The van der Waals surface area contributed by atoms with E-state index in [1.807, 2.05) is 34.3 Å². The third kappa shape index (κ3) is 9.13. The number of amides is 1. The molecule has 11 heteroatoms. The van der Waals surface area contributed by atoms with Crippen LogP contribution in [0.1, 0.15) is 79.8 Å². The summed E-state index contributed by atoms with van der Waals surface area (Å²) in [5.41, 5.74) is 10.3. The van der Waals surface area contributed by atoms with Crippen molar-refractivity contribution in [3.63, 3.8) is 0 Å². The number of carboxylic acid groups (broad SMARTS) is 1. The SMILES string of the molecule is CN(C)CCCC1(c2ccc(F)cc2)OCc2cc(C(=O)[O-])ccc21.CN(C)CCCC1(c2ccc(F)cc2)OCc2cc(C(N)=O)ccc21.[Na+]. The van der Waals surface area contributed by atoms with Gasteiger partial charge in [0, 0.05) is 5.56 Å². The average molecular weight is 708 g/mol. The van der Waals surface area contributed by atoms with Crippen molar-refractivity contribution in [2.24, 2.45) is 5.73 Å². The predicted octanol–water partition coefficient (Wildman–Crippen LogP) is 2.35. The van der Waals surface area contributed by atoms with Gasteiger partial charge in [-0.15, -0.1) is 0 Å². The van der Waals surface area contributed by atoms with Gasteiger partial charge in [0.05, 0.1) is 19.2 Å². The number of carbonyl (C=O) groups is 2. The number of rotatable bonds is 12. The molecule has 0 spiro atoms. The van der Waals surface area contributed by atoms with Crippen LogP contribution in [-0.4, -0.2) is 63.0 Å². The van der Waals surface area contributed by atoms with Crippen LogP contribution in [0.2, 0.25) is 0 Å². The molecule has 2 aliphatic heterocycles. The zero-order valence-electron chi connectivity index (χ0n) is 30.0. The first-order valence-corrected chi connectivity index (χ1v) is 16.7. The van der Waals surface area contributed by atoms with Crippen LogP contribution in [0.5, 0.6) is 0 Å². The van der Waals surface area contributed by atoms with Crippen LogP contribution in [0.3, 0.4) is 0 Å². The number of fused-ring (bicyclic) bond motifs is 2. The fourth-order valence-corrected chi connectivity index (χ4v) is 6.96. The van der Waals surface area contributed by atoms with E-state index in [0.29, 0.717) is 18.8 Å². The number of primary amides is 1. The summed E-state index contributed by atoms with van der Waals surface area (Å²) in [6.07, 6.45) is 3.33. The van der Waals surface area contributed by atoms with Gasteiger partial charge in [0.25, 0.3) is 0 Å². The van der Waals surface area contributed by atoms with Gasteiger partial charge in [-0.2, -0.15) is 0 Å². The van der Waals surface area contributed by atoms with Gasteiger partial charge in [0.2, 0.25) is 5.91 Å². The summed E-state index contributed by atoms with van der Waals surface area (Å²) in [5, 5.41) is 11.1. The summed E-state index contributed by atoms with van der Waals surface area (Å²) in [7, 11) is 8.10. The second-order valence-electron chi connectivity index (χ2n) is 13.5. The summed E-state index contributed by atoms with van der Waals surface area (Å²) >= 11 is 0. The van der Waals surface area contributed by atoms with Crippen molar-refractivity contribution in [1.82, 2.24) is 9.80 Å². The molecule has 2 aliphatic rings. The Kier molecular flexibility index (Phi) is 13.7. The Bertz CT molecular complexity index is 1690. The van der Waals surface area contributed by atoms with Crippen LogP contribution < -0.4 is 40.4 Å². The fourth-order valence-electron chi connectivity index (χ4n) is 6.96. The monoisotopic (exact) mass is 707 g/mol. The zero-order valence-corrected chi connectivity index (χ0v) is 32.0. The van der Waals surface area contributed by atoms with Gasteiger partial charge < -0.3 is 34.9 Å². The second kappa shape index (κ2) is 17.4. The van der Waals surface area contributed by atoms with E-state index in [9.17, 15) is 23.5 Å². The van der Waals surface area contributed by atoms with E-state index in [1.165, 1.54) is 24.3 Å². The molecule has 0 bridgehead atoms. The average Bonchev–Trinajstić information content (AvgIpc) is 3.64. The molecule has 0 fully saturated rings. The molecule has 2 unspecified atom stereocenters. The molecule has 4 aromatic rings. The molecule has 0 aliphatic carbocycles. The van der Waals surface area contributed by atoms with E-state index in [4.69, 9.17) is 15.2 Å². The molecule has 2 atom stereocenters. The number of benzene rings is 4. The van der Waals surface area contributed by atoms with Crippen LogP contribution in [-0.2, 0) is 33.9 Å². The minimum Gasteiger partial charge on any atom is -0.545 e. The number of hydrogen-bond donors (Lipinski definition) is 1. The van der Waals surface area contributed by atoms with E-state index in [-0.39, 0.29) is 46.8 Å². The number of halogens is 2. The normalized spacial score (nSPS) is 18.8. The van der Waals surface area contributed by atoms with Crippen molar-refractivity contribution in [1.29, 1.82) is 0 Å². The Balaban J connectivity index is 0.000000224. The summed E-state index contributed by atoms with van der Waals surface area (Å²) in [4.78, 5) is 26.8. The summed E-state index contributed by atoms with van der Waals surface area (Å²) < 4.78 is 39.2. The van der Waals surface area contributed by atoms with E-state index in [0.717, 1.165) is 72.2 Å². The molecule has 0 aromatic heterocycles. The van der Waals surface area contributed by atoms with Crippen molar-refractivity contribution < 1.29 is 62.5 Å². The van der Waals surface area contributed by atoms with Crippen LogP contribution in [0.15, 0.2) is 84.9 Å². The number of carbonyl (C=O) groups excluding carboxylic acids is 2. The molecule has 8 nitrogen and oxygen atoms in total. The Morgan fingerprint density at radius 2 is 1.08 bits per heavy atom. The molecule has 2 N–H and O–H groups in total. The summed E-state index contributed by atoms with van der Waals surface area (Å²) in [6.45, 7) is 2.57. The molecule has 0 saturated heterocycles. The fraction of sp³-hybridized carbons (Fsp3) is 0.350. The first-order chi connectivity index (χ1) is 23.8. The maximum atomic E-state index is 13.4. The van der Waals surface area contributed by atoms with Crippen molar-refractivity contribution in [3.8, 4) is 0 Å². The second-order valence-corrected chi connectivity index (χ2v) is 13.5. The van der Waals surface area contributed by atoms with E-state index >= 15 is 0 Å². The third-order valence-electron chi connectivity index (χ3n) is 9.44. The third-order valence-corrected chi connectivity index (χ3v) is 9.44. The predicted molar refractivity (Wildman–Crippen MR) is 185 cm³/mol. The van der Waals surface area contributed by atoms with E-state index < -0.39 is 23.1 Å². The standard InChI is InChI=1S/C20H23FN2O2.C20H22FNO3.Na/c1-23(2)11-3-10-20(16-5-7-17(21)8-6-16)18-9-4-14(19(22)24)12-15(18)13-25-20;1-22(2)11-3-10-20(16-5-7-17(21)8-6-16)18-9-4-14(19(23)24)12-15(18)13-25-20;/h4-9,12H,3,10-11,13H2,1-2H3,(H2,22,24);4-9,12H,3,10-11,13H2,1-2H3,(H,23,24);/q;;+1/p-1. The van der Waals surface area contributed by atoms with Gasteiger partial charge in [-0.25, -0.2) is 8.78 Å². The van der Waals surface area contributed by atoms with Crippen molar-refractivity contribution in [3.05, 3.63) is 141 Å². The number of ether oxygens (including phenoxy) is 2. The van der Waals surface area contributed by atoms with Gasteiger partial charge in [-0.1, -0.05) is 42.5 Å². The first kappa shape index (κ1) is 40.3. The van der Waals surface area contributed by atoms with E-state index in [2.05, 4.69) is 9.80 Å². The molecule has 6 rings (SSSR count). The van der Waals surface area contributed by atoms with E-state index in [1.54, 1.807) is 54.6 Å². The molecular weight excluding hydrogens is 663 g/mol. The molecule has 51 heavy (non-hydrogen) atoms. The summed E-state index contributed by atoms with van der Waals surface area (Å²) in [5.74, 6) is -2.21. The zero-order chi connectivity index (χ0) is 36.1. The number of carboxylic acids is 1. The Hall–Kier alpha value is -3.48. The van der Waals surface area contributed by atoms with Gasteiger partial charge >= 0.3 is 29.6 Å². The van der Waals surface area contributed by atoms with Crippen molar-refractivity contribution in [2.75, 3.05) is 41.3 Å². The number of aromatic carboxylic acids is 1. The summed E-state index contributed by atoms with van der Waals surface area (Å²) in [6, 6.07) is 23.2. The molecule has 1 amide bonds. The number of hydrogen-bond acceptors (Lipinski definition) is 7. The minimum atomic E-state index is -1.20. The van der Waals surface area contributed by atoms with Crippen LogP contribution in [0.4, 0.5) is 8.78 Å². The minimum absolute atomic E-state index is 0. The molecule has 264 valence electrons. The van der Waals surface area contributed by atoms with Gasteiger partial charge in [0.1, 0.15) is 22.8 Å². The Morgan fingerprint density at radius 1 is 0.686 bits per heavy atom. The van der Waals surface area contributed by atoms with Crippen LogP contribution in [0.25, 0.3) is 0 Å². The molecule has 0 radical (unpaired) electrons. The van der Waals surface area contributed by atoms with Gasteiger partial charge in [0.15, 0.2) is 0 Å². The Labute approximate surface area is 320 Å². The van der Waals surface area contributed by atoms with Crippen molar-refractivity contribution in [2.45, 2.75) is 50.1 Å². The smallest absolute Gasteiger partial charge is 0.545 e. The van der Waals surface area contributed by atoms with Gasteiger partial charge in [-0.05, 0) is 148 Å². The number of nitrogens with zero attached hydrogens (tertiary/aromatic N) is 2.